The summed E-state index contributed by atoms with van der Waals surface area (Å²) < 4.78 is 1.56. The number of aromatic nitrogens is 4. The van der Waals surface area contributed by atoms with Crippen LogP contribution in [-0.2, 0) is 11.2 Å². The molecular weight excluding hydrogens is 310 g/mol. The molecule has 0 fully saturated rings. The first-order chi connectivity index (χ1) is 11.6. The van der Waals surface area contributed by atoms with Gasteiger partial charge in [0.1, 0.15) is 5.69 Å². The van der Waals surface area contributed by atoms with E-state index < -0.39 is 12.0 Å². The Balaban J connectivity index is 1.68. The van der Waals surface area contributed by atoms with Crippen LogP contribution in [0, 0.1) is 0 Å². The van der Waals surface area contributed by atoms with Crippen LogP contribution in [0.15, 0.2) is 48.8 Å². The van der Waals surface area contributed by atoms with Crippen LogP contribution in [0.2, 0.25) is 0 Å². The van der Waals surface area contributed by atoms with Crippen molar-refractivity contribution in [1.82, 2.24) is 20.0 Å². The van der Waals surface area contributed by atoms with Crippen molar-refractivity contribution >= 4 is 11.7 Å². The largest absolute Gasteiger partial charge is 0.480 e. The number of aliphatic carboxylic acids is 1. The molecule has 1 atom stereocenters. The second kappa shape index (κ2) is 5.43. The number of nitrogens with zero attached hydrogens (tertiary/aromatic N) is 5. The predicted octanol–water partition coefficient (Wildman–Crippen LogP) is 1.53. The molecular formula is C16H13N5O3. The van der Waals surface area contributed by atoms with E-state index in [4.69, 9.17) is 5.11 Å². The van der Waals surface area contributed by atoms with E-state index in [0.717, 1.165) is 10.6 Å². The monoisotopic (exact) mass is 323 g/mol. The Morgan fingerprint density at radius 2 is 2.08 bits per heavy atom. The molecule has 1 unspecified atom stereocenters. The van der Waals surface area contributed by atoms with E-state index in [9.17, 15) is 10.0 Å². The number of fused-ring (bicyclic) bond motifs is 1. The van der Waals surface area contributed by atoms with Crippen molar-refractivity contribution in [2.45, 2.75) is 12.5 Å². The molecule has 0 radical (unpaired) electrons. The molecule has 0 saturated heterocycles. The molecule has 0 bridgehead atoms. The number of benzene rings is 1. The first kappa shape index (κ1) is 14.3. The molecule has 1 aromatic carbocycles. The van der Waals surface area contributed by atoms with Crippen molar-refractivity contribution in [3.63, 3.8) is 0 Å². The number of carboxylic acid groups (broad SMARTS) is 1. The average molecular weight is 323 g/mol. The molecule has 2 aromatic heterocycles. The highest BCUT2D eigenvalue weighted by Crippen LogP contribution is 2.32. The van der Waals surface area contributed by atoms with Gasteiger partial charge in [-0.3, -0.25) is 10.2 Å². The van der Waals surface area contributed by atoms with E-state index in [1.807, 2.05) is 24.3 Å². The summed E-state index contributed by atoms with van der Waals surface area (Å²) in [7, 11) is 0. The number of pyridine rings is 1. The molecule has 24 heavy (non-hydrogen) atoms. The smallest absolute Gasteiger partial charge is 0.329 e. The third-order valence-electron chi connectivity index (χ3n) is 3.99. The summed E-state index contributed by atoms with van der Waals surface area (Å²) in [6.45, 7) is 0. The second-order valence-corrected chi connectivity index (χ2v) is 5.48. The minimum atomic E-state index is -1.06. The molecule has 0 aliphatic carbocycles. The molecule has 8 nitrogen and oxygen atoms in total. The van der Waals surface area contributed by atoms with E-state index in [-0.39, 0.29) is 6.42 Å². The molecule has 0 amide bonds. The van der Waals surface area contributed by atoms with Crippen molar-refractivity contribution in [3.05, 3.63) is 54.4 Å². The van der Waals surface area contributed by atoms with Crippen LogP contribution in [0.25, 0.3) is 17.1 Å². The zero-order valence-corrected chi connectivity index (χ0v) is 12.4. The van der Waals surface area contributed by atoms with Gasteiger partial charge in [-0.25, -0.2) is 14.5 Å². The van der Waals surface area contributed by atoms with E-state index in [2.05, 4.69) is 15.3 Å². The normalized spacial score (nSPS) is 16.2. The summed E-state index contributed by atoms with van der Waals surface area (Å²) in [5, 5.41) is 28.2. The van der Waals surface area contributed by atoms with E-state index >= 15 is 0 Å². The standard InChI is InChI=1S/C16H13N5O3/c22-16(23)15-7-10-4-5-11(8-14(10)21(15)24)20-9-13(18-19-20)12-3-1-2-6-17-12/h1-6,8-9,15,24H,7H2,(H,22,23). The van der Waals surface area contributed by atoms with Gasteiger partial charge >= 0.3 is 5.97 Å². The third kappa shape index (κ3) is 2.29. The van der Waals surface area contributed by atoms with Crippen molar-refractivity contribution < 1.29 is 15.1 Å². The Bertz CT molecular complexity index is 909. The Morgan fingerprint density at radius 3 is 2.83 bits per heavy atom. The maximum absolute atomic E-state index is 11.2. The fourth-order valence-corrected chi connectivity index (χ4v) is 2.76. The van der Waals surface area contributed by atoms with Gasteiger partial charge in [0.2, 0.25) is 0 Å². The van der Waals surface area contributed by atoms with Crippen LogP contribution >= 0.6 is 0 Å². The minimum Gasteiger partial charge on any atom is -0.480 e. The molecule has 2 N–H and O–H groups in total. The van der Waals surface area contributed by atoms with Gasteiger partial charge in [-0.2, -0.15) is 0 Å². The fourth-order valence-electron chi connectivity index (χ4n) is 2.76. The van der Waals surface area contributed by atoms with E-state index in [1.54, 1.807) is 29.2 Å². The van der Waals surface area contributed by atoms with Crippen LogP contribution < -0.4 is 5.06 Å². The van der Waals surface area contributed by atoms with Gasteiger partial charge in [0.25, 0.3) is 0 Å². The number of rotatable bonds is 3. The van der Waals surface area contributed by atoms with Crippen molar-refractivity contribution in [2.24, 2.45) is 0 Å². The quantitative estimate of drug-likeness (QED) is 0.753. The lowest BCUT2D eigenvalue weighted by atomic mass is 10.1. The fraction of sp³-hybridized carbons (Fsp3) is 0.125. The Labute approximate surface area is 136 Å². The number of carbonyl (C=O) groups is 1. The van der Waals surface area contributed by atoms with Gasteiger partial charge in [0, 0.05) is 12.6 Å². The second-order valence-electron chi connectivity index (χ2n) is 5.48. The maximum Gasteiger partial charge on any atom is 0.329 e. The highest BCUT2D eigenvalue weighted by molar-refractivity contribution is 5.81. The summed E-state index contributed by atoms with van der Waals surface area (Å²) in [5.41, 5.74) is 3.25. The number of anilines is 1. The summed E-state index contributed by atoms with van der Waals surface area (Å²) in [6, 6.07) is 9.86. The number of hydroxylamine groups is 1. The lowest BCUT2D eigenvalue weighted by molar-refractivity contribution is -0.139. The van der Waals surface area contributed by atoms with Crippen LogP contribution in [-0.4, -0.2) is 42.3 Å². The van der Waals surface area contributed by atoms with Gasteiger partial charge < -0.3 is 5.11 Å². The number of hydrogen-bond donors (Lipinski definition) is 2. The van der Waals surface area contributed by atoms with E-state index in [1.165, 1.54) is 0 Å². The molecule has 0 saturated carbocycles. The molecule has 1 aliphatic rings. The Hall–Kier alpha value is -3.26. The van der Waals surface area contributed by atoms with Gasteiger partial charge in [-0.1, -0.05) is 17.3 Å². The van der Waals surface area contributed by atoms with Gasteiger partial charge in [0.05, 0.1) is 23.3 Å². The maximum atomic E-state index is 11.2. The average Bonchev–Trinajstić information content (AvgIpc) is 3.21. The molecule has 3 heterocycles. The molecule has 4 rings (SSSR count). The molecule has 8 heteroatoms. The molecule has 0 spiro atoms. The summed E-state index contributed by atoms with van der Waals surface area (Å²) in [5.74, 6) is -1.06. The zero-order chi connectivity index (χ0) is 16.7. The lowest BCUT2D eigenvalue weighted by Gasteiger charge is -2.16. The van der Waals surface area contributed by atoms with Crippen molar-refractivity contribution in [1.29, 1.82) is 0 Å². The van der Waals surface area contributed by atoms with Gasteiger partial charge in [-0.05, 0) is 29.8 Å². The van der Waals surface area contributed by atoms with Crippen LogP contribution in [0.5, 0.6) is 0 Å². The van der Waals surface area contributed by atoms with Crippen LogP contribution in [0.1, 0.15) is 5.56 Å². The molecule has 120 valence electrons. The van der Waals surface area contributed by atoms with Crippen LogP contribution in [0.4, 0.5) is 5.69 Å². The first-order valence-corrected chi connectivity index (χ1v) is 7.31. The highest BCUT2D eigenvalue weighted by Gasteiger charge is 2.34. The van der Waals surface area contributed by atoms with Crippen molar-refractivity contribution in [2.75, 3.05) is 5.06 Å². The number of hydrogen-bond acceptors (Lipinski definition) is 6. The number of carboxylic acids is 1. The Morgan fingerprint density at radius 1 is 1.21 bits per heavy atom. The van der Waals surface area contributed by atoms with Crippen LogP contribution in [0.3, 0.4) is 0 Å². The minimum absolute atomic E-state index is 0.262. The predicted molar refractivity (Wildman–Crippen MR) is 84.0 cm³/mol. The van der Waals surface area contributed by atoms with Gasteiger partial charge in [-0.15, -0.1) is 5.10 Å². The Kier molecular flexibility index (Phi) is 3.24. The van der Waals surface area contributed by atoms with E-state index in [0.29, 0.717) is 22.8 Å². The zero-order valence-electron chi connectivity index (χ0n) is 12.4. The topological polar surface area (TPSA) is 104 Å². The summed E-state index contributed by atoms with van der Waals surface area (Å²) >= 11 is 0. The van der Waals surface area contributed by atoms with Crippen molar-refractivity contribution in [3.8, 4) is 17.1 Å². The molecule has 1 aliphatic heterocycles. The third-order valence-corrected chi connectivity index (χ3v) is 3.99. The SMILES string of the molecule is O=C(O)C1Cc2ccc(-n3cc(-c4ccccn4)nn3)cc2N1O. The highest BCUT2D eigenvalue weighted by atomic mass is 16.5. The summed E-state index contributed by atoms with van der Waals surface area (Å²) in [6.07, 6.45) is 3.67. The van der Waals surface area contributed by atoms with Gasteiger partial charge in [0.15, 0.2) is 6.04 Å². The summed E-state index contributed by atoms with van der Waals surface area (Å²) in [4.78, 5) is 15.4. The lowest BCUT2D eigenvalue weighted by Crippen LogP contribution is -2.35. The molecule has 3 aromatic rings. The first-order valence-electron chi connectivity index (χ1n) is 7.31.